The van der Waals surface area contributed by atoms with Crippen LogP contribution in [0.15, 0.2) is 41.4 Å². The fourth-order valence-electron chi connectivity index (χ4n) is 2.87. The van der Waals surface area contributed by atoms with Gasteiger partial charge in [0.2, 0.25) is 5.62 Å². The van der Waals surface area contributed by atoms with Crippen molar-refractivity contribution in [2.45, 2.75) is 13.5 Å². The van der Waals surface area contributed by atoms with Gasteiger partial charge in [-0.05, 0) is 25.1 Å². The summed E-state index contributed by atoms with van der Waals surface area (Å²) in [5.74, 6) is 0.331. The van der Waals surface area contributed by atoms with E-state index in [1.54, 1.807) is 13.2 Å². The molecule has 0 atom stereocenters. The molecule has 8 nitrogen and oxygen atoms in total. The van der Waals surface area contributed by atoms with Gasteiger partial charge in [-0.3, -0.25) is 9.89 Å². The molecule has 0 bridgehead atoms. The van der Waals surface area contributed by atoms with Crippen molar-refractivity contribution in [3.8, 4) is 5.75 Å². The second kappa shape index (κ2) is 7.40. The van der Waals surface area contributed by atoms with Gasteiger partial charge in [-0.1, -0.05) is 18.2 Å². The van der Waals surface area contributed by atoms with Crippen molar-refractivity contribution >= 4 is 16.9 Å². The van der Waals surface area contributed by atoms with E-state index in [0.717, 1.165) is 16.7 Å². The van der Waals surface area contributed by atoms with Crippen molar-refractivity contribution in [2.24, 2.45) is 17.8 Å². The molecule has 2 aromatic heterocycles. The van der Waals surface area contributed by atoms with E-state index >= 15 is 0 Å². The Bertz CT molecular complexity index is 1040. The third kappa shape index (κ3) is 3.18. The molecule has 8 heteroatoms. The predicted molar refractivity (Wildman–Crippen MR) is 98.9 cm³/mol. The van der Waals surface area contributed by atoms with Crippen LogP contribution in [-0.4, -0.2) is 38.9 Å². The number of amides is 1. The van der Waals surface area contributed by atoms with Crippen LogP contribution in [0.2, 0.25) is 0 Å². The number of methoxy groups -OCH3 is 1. The highest BCUT2D eigenvalue weighted by Crippen LogP contribution is 2.24. The van der Waals surface area contributed by atoms with E-state index in [-0.39, 0.29) is 5.91 Å². The SMILES string of the molecule is COc1cccc2c1n(C/C=C/CN)/c(=N/C(=O)c1cc(C)n[nH]1)n2C. The van der Waals surface area contributed by atoms with Gasteiger partial charge in [0.25, 0.3) is 5.91 Å². The Morgan fingerprint density at radius 2 is 2.23 bits per heavy atom. The molecule has 0 aliphatic heterocycles. The number of ether oxygens (including phenoxy) is 1. The minimum Gasteiger partial charge on any atom is -0.494 e. The molecule has 0 unspecified atom stereocenters. The fraction of sp³-hybridized carbons (Fsp3) is 0.278. The Kier molecular flexibility index (Phi) is 5.04. The van der Waals surface area contributed by atoms with Gasteiger partial charge in [0.1, 0.15) is 17.0 Å². The molecule has 2 heterocycles. The molecule has 0 saturated carbocycles. The van der Waals surface area contributed by atoms with E-state index < -0.39 is 0 Å². The number of nitrogens with two attached hydrogens (primary N) is 1. The highest BCUT2D eigenvalue weighted by atomic mass is 16.5. The molecule has 26 heavy (non-hydrogen) atoms. The molecule has 3 aromatic rings. The fourth-order valence-corrected chi connectivity index (χ4v) is 2.87. The minimum atomic E-state index is -0.382. The Morgan fingerprint density at radius 1 is 1.42 bits per heavy atom. The maximum absolute atomic E-state index is 12.6. The number of benzene rings is 1. The number of nitrogens with one attached hydrogen (secondary N) is 1. The van der Waals surface area contributed by atoms with Gasteiger partial charge >= 0.3 is 0 Å². The number of aryl methyl sites for hydroxylation is 2. The number of aromatic nitrogens is 4. The van der Waals surface area contributed by atoms with Crippen molar-refractivity contribution in [1.82, 2.24) is 19.3 Å². The van der Waals surface area contributed by atoms with Crippen LogP contribution < -0.4 is 16.1 Å². The number of imidazole rings is 1. The normalized spacial score (nSPS) is 12.4. The summed E-state index contributed by atoms with van der Waals surface area (Å²) in [4.78, 5) is 16.9. The van der Waals surface area contributed by atoms with E-state index in [2.05, 4.69) is 15.2 Å². The largest absolute Gasteiger partial charge is 0.494 e. The molecule has 3 rings (SSSR count). The smallest absolute Gasteiger partial charge is 0.298 e. The number of nitrogens with zero attached hydrogens (tertiary/aromatic N) is 4. The van der Waals surface area contributed by atoms with Gasteiger partial charge < -0.3 is 19.6 Å². The number of allylic oxidation sites excluding steroid dienone is 1. The number of carbonyl (C=O) groups is 1. The zero-order chi connectivity index (χ0) is 18.7. The summed E-state index contributed by atoms with van der Waals surface area (Å²) in [5, 5.41) is 6.70. The van der Waals surface area contributed by atoms with Gasteiger partial charge in [0.15, 0.2) is 0 Å². The van der Waals surface area contributed by atoms with Gasteiger partial charge in [0.05, 0.1) is 18.3 Å². The Hall–Kier alpha value is -3.13. The van der Waals surface area contributed by atoms with E-state index in [1.807, 2.05) is 53.5 Å². The van der Waals surface area contributed by atoms with Gasteiger partial charge in [-0.15, -0.1) is 0 Å². The van der Waals surface area contributed by atoms with Crippen LogP contribution in [0.5, 0.6) is 5.75 Å². The topological polar surface area (TPSA) is 103 Å². The van der Waals surface area contributed by atoms with E-state index in [1.165, 1.54) is 0 Å². The Labute approximate surface area is 150 Å². The summed E-state index contributed by atoms with van der Waals surface area (Å²) >= 11 is 0. The lowest BCUT2D eigenvalue weighted by atomic mass is 10.3. The van der Waals surface area contributed by atoms with Crippen molar-refractivity contribution < 1.29 is 9.53 Å². The van der Waals surface area contributed by atoms with Crippen LogP contribution >= 0.6 is 0 Å². The first-order valence-electron chi connectivity index (χ1n) is 8.25. The average molecular weight is 354 g/mol. The minimum absolute atomic E-state index is 0.351. The number of fused-ring (bicyclic) bond motifs is 1. The second-order valence-corrected chi connectivity index (χ2v) is 5.84. The molecule has 0 fully saturated rings. The van der Waals surface area contributed by atoms with Crippen LogP contribution in [0.1, 0.15) is 16.2 Å². The molecular formula is C18H22N6O2. The van der Waals surface area contributed by atoms with E-state index in [4.69, 9.17) is 10.5 Å². The average Bonchev–Trinajstić information content (AvgIpc) is 3.19. The third-order valence-corrected chi connectivity index (χ3v) is 4.10. The summed E-state index contributed by atoms with van der Waals surface area (Å²) < 4.78 is 9.31. The third-order valence-electron chi connectivity index (χ3n) is 4.10. The molecule has 136 valence electrons. The maximum Gasteiger partial charge on any atom is 0.298 e. The van der Waals surface area contributed by atoms with Crippen LogP contribution in [0.25, 0.3) is 11.0 Å². The van der Waals surface area contributed by atoms with E-state index in [0.29, 0.717) is 30.2 Å². The Balaban J connectivity index is 2.24. The van der Waals surface area contributed by atoms with Crippen LogP contribution in [0.3, 0.4) is 0 Å². The maximum atomic E-state index is 12.6. The second-order valence-electron chi connectivity index (χ2n) is 5.84. The van der Waals surface area contributed by atoms with Crippen molar-refractivity contribution in [3.05, 3.63) is 53.4 Å². The molecule has 0 aliphatic carbocycles. The summed E-state index contributed by atoms with van der Waals surface area (Å²) in [6, 6.07) is 7.43. The quantitative estimate of drug-likeness (QED) is 0.674. The van der Waals surface area contributed by atoms with Gasteiger partial charge in [-0.2, -0.15) is 10.1 Å². The zero-order valence-electron chi connectivity index (χ0n) is 15.1. The van der Waals surface area contributed by atoms with Gasteiger partial charge in [-0.25, -0.2) is 0 Å². The molecule has 0 spiro atoms. The molecule has 1 aromatic carbocycles. The van der Waals surface area contributed by atoms with E-state index in [9.17, 15) is 4.79 Å². The standard InChI is InChI=1S/C18H22N6O2/c1-12-11-13(22-21-12)17(25)20-18-23(2)14-7-6-8-15(26-3)16(14)24(18)10-5-4-9-19/h4-8,11H,9-10,19H2,1-3H3,(H,21,22)/b5-4+,20-18+. The summed E-state index contributed by atoms with van der Waals surface area (Å²) in [6.45, 7) is 2.77. The first-order valence-corrected chi connectivity index (χ1v) is 8.25. The van der Waals surface area contributed by atoms with Crippen molar-refractivity contribution in [3.63, 3.8) is 0 Å². The molecule has 0 radical (unpaired) electrons. The highest BCUT2D eigenvalue weighted by molar-refractivity contribution is 5.93. The number of hydrogen-bond acceptors (Lipinski definition) is 4. The molecular weight excluding hydrogens is 332 g/mol. The number of rotatable bonds is 5. The first kappa shape index (κ1) is 17.7. The summed E-state index contributed by atoms with van der Waals surface area (Å²) in [6.07, 6.45) is 3.81. The Morgan fingerprint density at radius 3 is 2.88 bits per heavy atom. The van der Waals surface area contributed by atoms with Crippen molar-refractivity contribution in [2.75, 3.05) is 13.7 Å². The lowest BCUT2D eigenvalue weighted by Crippen LogP contribution is -2.26. The number of aromatic amines is 1. The van der Waals surface area contributed by atoms with Crippen LogP contribution in [0, 0.1) is 6.92 Å². The molecule has 0 saturated heterocycles. The first-order chi connectivity index (χ1) is 12.6. The van der Waals surface area contributed by atoms with Crippen molar-refractivity contribution in [1.29, 1.82) is 0 Å². The monoisotopic (exact) mass is 354 g/mol. The lowest BCUT2D eigenvalue weighted by molar-refractivity contribution is 0.0991. The predicted octanol–water partition coefficient (Wildman–Crippen LogP) is 1.28. The number of hydrogen-bond donors (Lipinski definition) is 2. The summed E-state index contributed by atoms with van der Waals surface area (Å²) in [7, 11) is 3.49. The van der Waals surface area contributed by atoms with Crippen LogP contribution in [-0.2, 0) is 13.6 Å². The zero-order valence-corrected chi connectivity index (χ0v) is 15.1. The lowest BCUT2D eigenvalue weighted by Gasteiger charge is -2.05. The number of H-pyrrole nitrogens is 1. The van der Waals surface area contributed by atoms with Crippen LogP contribution in [0.4, 0.5) is 0 Å². The number of para-hydroxylation sites is 1. The molecule has 3 N–H and O–H groups in total. The van der Waals surface area contributed by atoms with Gasteiger partial charge in [0, 0.05) is 20.1 Å². The highest BCUT2D eigenvalue weighted by Gasteiger charge is 2.15. The molecule has 1 amide bonds. The summed E-state index contributed by atoms with van der Waals surface area (Å²) in [5.41, 5.74) is 8.94. The number of carbonyl (C=O) groups excluding carboxylic acids is 1. The molecule has 0 aliphatic rings.